The van der Waals surface area contributed by atoms with Crippen LogP contribution in [0.5, 0.6) is 0 Å². The number of thioether (sulfide) groups is 1. The van der Waals surface area contributed by atoms with Gasteiger partial charge in [-0.15, -0.1) is 0 Å². The lowest BCUT2D eigenvalue weighted by atomic mass is 10.1. The van der Waals surface area contributed by atoms with E-state index in [1.807, 2.05) is 12.1 Å². The van der Waals surface area contributed by atoms with E-state index in [9.17, 15) is 4.79 Å². The summed E-state index contributed by atoms with van der Waals surface area (Å²) >= 11 is 1.41. The fourth-order valence-electron chi connectivity index (χ4n) is 4.49. The number of benzene rings is 2. The molecular weight excluding hydrogens is 442 g/mol. The molecule has 0 unspecified atom stereocenters. The van der Waals surface area contributed by atoms with Crippen LogP contribution in [0.4, 0.5) is 0 Å². The van der Waals surface area contributed by atoms with Crippen LogP contribution in [0.15, 0.2) is 70.4 Å². The lowest BCUT2D eigenvalue weighted by Crippen LogP contribution is -2.35. The third-order valence-electron chi connectivity index (χ3n) is 6.36. The van der Waals surface area contributed by atoms with E-state index in [0.717, 1.165) is 40.9 Å². The molecule has 1 amide bonds. The van der Waals surface area contributed by atoms with Gasteiger partial charge >= 0.3 is 0 Å². The minimum Gasteiger partial charge on any atom is -0.342 e. The highest BCUT2D eigenvalue weighted by Crippen LogP contribution is 2.33. The minimum atomic E-state index is -0.389. The van der Waals surface area contributed by atoms with Crippen LogP contribution in [0.25, 0.3) is 17.0 Å². The van der Waals surface area contributed by atoms with Crippen molar-refractivity contribution in [3.05, 3.63) is 77.0 Å². The number of nitrogens with one attached hydrogen (secondary N) is 1. The highest BCUT2D eigenvalue weighted by Gasteiger charge is 2.37. The Labute approximate surface area is 203 Å². The van der Waals surface area contributed by atoms with E-state index < -0.39 is 0 Å². The first-order valence-electron chi connectivity index (χ1n) is 11.6. The maximum atomic E-state index is 12.9. The molecule has 34 heavy (non-hydrogen) atoms. The van der Waals surface area contributed by atoms with Gasteiger partial charge in [0, 0.05) is 35.1 Å². The number of nitrogens with zero attached hydrogens (tertiary/aromatic N) is 4. The van der Waals surface area contributed by atoms with Crippen molar-refractivity contribution >= 4 is 50.7 Å². The number of amides is 1. The number of fused-ring (bicyclic) bond motifs is 2. The zero-order valence-corrected chi connectivity index (χ0v) is 20.4. The van der Waals surface area contributed by atoms with Gasteiger partial charge in [-0.05, 0) is 49.2 Å². The number of aliphatic imine (C=N–C) groups is 1. The first kappa shape index (κ1) is 22.3. The molecule has 7 heteroatoms. The van der Waals surface area contributed by atoms with E-state index in [-0.39, 0.29) is 17.3 Å². The Kier molecular flexibility index (Phi) is 5.96. The molecule has 0 atom stereocenters. The van der Waals surface area contributed by atoms with Gasteiger partial charge in [0.1, 0.15) is 5.04 Å². The van der Waals surface area contributed by atoms with Crippen molar-refractivity contribution in [2.24, 2.45) is 16.0 Å². The number of para-hydroxylation sites is 1. The fraction of sp³-hybridized carbons (Fsp3) is 0.259. The molecule has 6 nitrogen and oxygen atoms in total. The molecule has 0 aliphatic carbocycles. The third kappa shape index (κ3) is 4.01. The second-order valence-corrected chi connectivity index (χ2v) is 9.68. The average Bonchev–Trinajstić information content (AvgIpc) is 3.39. The van der Waals surface area contributed by atoms with Crippen LogP contribution in [0.3, 0.4) is 0 Å². The fourth-order valence-corrected chi connectivity index (χ4v) is 5.65. The number of hydrogen-bond donors (Lipinski definition) is 1. The number of aryl methyl sites for hydroxylation is 1. The van der Waals surface area contributed by atoms with E-state index >= 15 is 0 Å². The Hall–Kier alpha value is -3.45. The lowest BCUT2D eigenvalue weighted by molar-refractivity contribution is -0.114. The van der Waals surface area contributed by atoms with Gasteiger partial charge in [-0.2, -0.15) is 15.1 Å². The zero-order valence-electron chi connectivity index (χ0n) is 19.6. The number of amidine groups is 2. The summed E-state index contributed by atoms with van der Waals surface area (Å²) in [7, 11) is 0. The first-order valence-corrected chi connectivity index (χ1v) is 12.4. The normalized spacial score (nSPS) is 17.1. The molecule has 0 spiro atoms. The second-order valence-electron chi connectivity index (χ2n) is 8.69. The van der Waals surface area contributed by atoms with Crippen LogP contribution in [-0.4, -0.2) is 31.5 Å². The molecule has 3 heterocycles. The Bertz CT molecular complexity index is 1390. The molecule has 2 aliphatic rings. The molecule has 3 aromatic rings. The SMILES string of the molecule is CCC(CC)C1=NN2C(=N)/C(=C\c3cn(Cc4cccc(C)c4)c4ccccc34)C(=O)N=C2S1. The van der Waals surface area contributed by atoms with Crippen LogP contribution in [0.1, 0.15) is 43.4 Å². The Morgan fingerprint density at radius 1 is 1.12 bits per heavy atom. The molecule has 2 aliphatic heterocycles. The number of rotatable bonds is 6. The van der Waals surface area contributed by atoms with Crippen molar-refractivity contribution in [2.75, 3.05) is 0 Å². The molecule has 0 bridgehead atoms. The van der Waals surface area contributed by atoms with Crippen molar-refractivity contribution in [1.82, 2.24) is 9.58 Å². The molecule has 0 saturated carbocycles. The molecular formula is C27H27N5OS. The van der Waals surface area contributed by atoms with Crippen molar-refractivity contribution in [1.29, 1.82) is 5.41 Å². The molecule has 2 aromatic carbocycles. The van der Waals surface area contributed by atoms with E-state index in [4.69, 9.17) is 5.41 Å². The summed E-state index contributed by atoms with van der Waals surface area (Å²) in [4.78, 5) is 17.2. The average molecular weight is 470 g/mol. The Balaban J connectivity index is 1.53. The Morgan fingerprint density at radius 2 is 1.91 bits per heavy atom. The highest BCUT2D eigenvalue weighted by molar-refractivity contribution is 8.27. The van der Waals surface area contributed by atoms with Gasteiger partial charge in [-0.3, -0.25) is 10.2 Å². The van der Waals surface area contributed by atoms with Gasteiger partial charge in [0.25, 0.3) is 5.91 Å². The number of hydrazone groups is 1. The summed E-state index contributed by atoms with van der Waals surface area (Å²) in [5.74, 6) is 0.00691. The van der Waals surface area contributed by atoms with Crippen LogP contribution in [0, 0.1) is 18.3 Å². The van der Waals surface area contributed by atoms with Gasteiger partial charge in [0.15, 0.2) is 5.84 Å². The monoisotopic (exact) mass is 469 g/mol. The van der Waals surface area contributed by atoms with Crippen molar-refractivity contribution in [2.45, 2.75) is 40.2 Å². The predicted molar refractivity (Wildman–Crippen MR) is 141 cm³/mol. The maximum Gasteiger partial charge on any atom is 0.283 e. The third-order valence-corrected chi connectivity index (χ3v) is 7.43. The summed E-state index contributed by atoms with van der Waals surface area (Å²) in [6, 6.07) is 16.6. The predicted octanol–water partition coefficient (Wildman–Crippen LogP) is 6.05. The highest BCUT2D eigenvalue weighted by atomic mass is 32.2. The van der Waals surface area contributed by atoms with Crippen LogP contribution in [0.2, 0.25) is 0 Å². The number of carbonyl (C=O) groups is 1. The van der Waals surface area contributed by atoms with Gasteiger partial charge in [-0.1, -0.05) is 61.9 Å². The smallest absolute Gasteiger partial charge is 0.283 e. The van der Waals surface area contributed by atoms with Gasteiger partial charge in [0.2, 0.25) is 5.17 Å². The first-order chi connectivity index (χ1) is 16.5. The molecule has 1 aromatic heterocycles. The molecule has 5 rings (SSSR count). The molecule has 172 valence electrons. The van der Waals surface area contributed by atoms with Crippen LogP contribution in [-0.2, 0) is 11.3 Å². The summed E-state index contributed by atoms with van der Waals surface area (Å²) in [5.41, 5.74) is 4.68. The van der Waals surface area contributed by atoms with E-state index in [0.29, 0.717) is 11.1 Å². The van der Waals surface area contributed by atoms with Gasteiger partial charge in [-0.25, -0.2) is 0 Å². The van der Waals surface area contributed by atoms with E-state index in [2.05, 4.69) is 78.0 Å². The Morgan fingerprint density at radius 3 is 2.68 bits per heavy atom. The van der Waals surface area contributed by atoms with Gasteiger partial charge < -0.3 is 4.57 Å². The number of hydrogen-bond acceptors (Lipinski definition) is 4. The van der Waals surface area contributed by atoms with Crippen molar-refractivity contribution < 1.29 is 4.79 Å². The summed E-state index contributed by atoms with van der Waals surface area (Å²) in [5, 5.41) is 17.4. The molecule has 0 fully saturated rings. The standard InChI is InChI=1S/C27H27N5OS/c1-4-19(5-2)26-30-32-24(28)22(25(33)29-27(32)34-26)14-20-16-31(23-12-7-6-11-21(20)23)15-18-10-8-9-17(3)13-18/h6-14,16,19,28H,4-5,15H2,1-3H3/b22-14+,28-24?. The number of carbonyl (C=O) groups excluding carboxylic acids is 1. The molecule has 1 N–H and O–H groups in total. The summed E-state index contributed by atoms with van der Waals surface area (Å²) in [6.45, 7) is 7.08. The second kappa shape index (κ2) is 9.06. The summed E-state index contributed by atoms with van der Waals surface area (Å²) < 4.78 is 2.19. The molecule has 0 saturated heterocycles. The quantitative estimate of drug-likeness (QED) is 0.446. The maximum absolute atomic E-state index is 12.9. The van der Waals surface area contributed by atoms with E-state index in [1.54, 1.807) is 6.08 Å². The topological polar surface area (TPSA) is 73.8 Å². The summed E-state index contributed by atoms with van der Waals surface area (Å²) in [6.07, 6.45) is 5.77. The van der Waals surface area contributed by atoms with Crippen LogP contribution >= 0.6 is 11.8 Å². The van der Waals surface area contributed by atoms with E-state index in [1.165, 1.54) is 27.9 Å². The number of aromatic nitrogens is 1. The minimum absolute atomic E-state index is 0.0824. The largest absolute Gasteiger partial charge is 0.342 e. The molecule has 0 radical (unpaired) electrons. The van der Waals surface area contributed by atoms with Crippen molar-refractivity contribution in [3.63, 3.8) is 0 Å². The lowest BCUT2D eigenvalue weighted by Gasteiger charge is -2.20. The van der Waals surface area contributed by atoms with Gasteiger partial charge in [0.05, 0.1) is 5.57 Å². The van der Waals surface area contributed by atoms with Crippen LogP contribution < -0.4 is 0 Å². The van der Waals surface area contributed by atoms with Crippen molar-refractivity contribution in [3.8, 4) is 0 Å². The zero-order chi connectivity index (χ0) is 23.8.